The van der Waals surface area contributed by atoms with Crippen molar-refractivity contribution >= 4 is 17.5 Å². The van der Waals surface area contributed by atoms with Gasteiger partial charge in [0.1, 0.15) is 18.4 Å². The van der Waals surface area contributed by atoms with E-state index >= 15 is 0 Å². The number of nitrogens with one attached hydrogen (secondary N) is 1. The predicted molar refractivity (Wildman–Crippen MR) is 133 cm³/mol. The summed E-state index contributed by atoms with van der Waals surface area (Å²) in [6, 6.07) is 22.6. The Balaban J connectivity index is 1.49. The van der Waals surface area contributed by atoms with Gasteiger partial charge in [-0.05, 0) is 30.2 Å². The number of carbonyl (C=O) groups is 1. The summed E-state index contributed by atoms with van der Waals surface area (Å²) < 4.78 is 7.46. The van der Waals surface area contributed by atoms with Crippen LogP contribution in [0.4, 0.5) is 11.6 Å². The molecule has 3 aromatic carbocycles. The van der Waals surface area contributed by atoms with Crippen molar-refractivity contribution in [3.05, 3.63) is 111 Å². The Labute approximate surface area is 206 Å². The number of nitro groups is 1. The van der Waals surface area contributed by atoms with Gasteiger partial charge in [0.15, 0.2) is 5.82 Å². The highest BCUT2D eigenvalue weighted by molar-refractivity contribution is 5.95. The molecule has 1 aliphatic rings. The summed E-state index contributed by atoms with van der Waals surface area (Å²) in [5, 5.41) is 18.9. The molecular weight excluding hydrogens is 460 g/mol. The lowest BCUT2D eigenvalue weighted by Crippen LogP contribution is -2.31. The van der Waals surface area contributed by atoms with E-state index in [0.717, 1.165) is 11.1 Å². The van der Waals surface area contributed by atoms with Gasteiger partial charge in [-0.3, -0.25) is 14.9 Å². The van der Waals surface area contributed by atoms with E-state index in [1.807, 2.05) is 54.6 Å². The van der Waals surface area contributed by atoms with Gasteiger partial charge in [-0.25, -0.2) is 4.68 Å². The lowest BCUT2D eigenvalue weighted by Gasteiger charge is -2.27. The van der Waals surface area contributed by atoms with Crippen LogP contribution in [0.1, 0.15) is 24.1 Å². The number of benzene rings is 3. The molecule has 3 N–H and O–H groups in total. The minimum atomic E-state index is -0.637. The summed E-state index contributed by atoms with van der Waals surface area (Å²) in [6.07, 6.45) is 0. The lowest BCUT2D eigenvalue weighted by molar-refractivity contribution is -0.384. The molecule has 0 bridgehead atoms. The Morgan fingerprint density at radius 2 is 1.86 bits per heavy atom. The summed E-state index contributed by atoms with van der Waals surface area (Å²) in [5.74, 6) is 0.766. The van der Waals surface area contributed by atoms with Crippen molar-refractivity contribution in [3.8, 4) is 17.1 Å². The molecule has 4 aromatic rings. The molecular formula is C26H22N6O4. The fourth-order valence-corrected chi connectivity index (χ4v) is 4.15. The van der Waals surface area contributed by atoms with E-state index in [1.165, 1.54) is 12.1 Å². The molecule has 180 valence electrons. The van der Waals surface area contributed by atoms with Crippen LogP contribution < -0.4 is 15.8 Å². The number of anilines is 1. The van der Waals surface area contributed by atoms with E-state index in [2.05, 4.69) is 15.4 Å². The van der Waals surface area contributed by atoms with Crippen LogP contribution in [0.15, 0.2) is 90.1 Å². The number of nitro benzene ring substituents is 1. The molecule has 5 rings (SSSR count). The summed E-state index contributed by atoms with van der Waals surface area (Å²) in [6.45, 7) is 2.18. The topological polar surface area (TPSA) is 138 Å². The molecule has 0 fully saturated rings. The Bertz CT molecular complexity index is 1480. The van der Waals surface area contributed by atoms with Crippen LogP contribution in [-0.4, -0.2) is 25.6 Å². The Hall–Kier alpha value is -4.99. The molecule has 0 spiro atoms. The lowest BCUT2D eigenvalue weighted by atomic mass is 9.95. The minimum Gasteiger partial charge on any atom is -0.489 e. The molecule has 2 heterocycles. The van der Waals surface area contributed by atoms with Gasteiger partial charge in [-0.2, -0.15) is 4.98 Å². The maximum Gasteiger partial charge on any atom is 0.270 e. The summed E-state index contributed by atoms with van der Waals surface area (Å²) >= 11 is 0. The van der Waals surface area contributed by atoms with Crippen LogP contribution in [0.5, 0.6) is 5.75 Å². The summed E-state index contributed by atoms with van der Waals surface area (Å²) in [7, 11) is 0. The highest BCUT2D eigenvalue weighted by Gasteiger charge is 2.33. The molecule has 1 aromatic heterocycles. The van der Waals surface area contributed by atoms with Crippen LogP contribution in [0.2, 0.25) is 0 Å². The maximum atomic E-state index is 12.4. The number of nitrogens with two attached hydrogens (primary N) is 1. The first-order valence-corrected chi connectivity index (χ1v) is 11.2. The first kappa shape index (κ1) is 22.8. The second-order valence-corrected chi connectivity index (χ2v) is 8.28. The fraction of sp³-hybridized carbons (Fsp3) is 0.115. The number of nitrogens with zero attached hydrogens (tertiary/aromatic N) is 4. The van der Waals surface area contributed by atoms with Gasteiger partial charge >= 0.3 is 0 Å². The highest BCUT2D eigenvalue weighted by atomic mass is 16.6. The van der Waals surface area contributed by atoms with Gasteiger partial charge in [0.05, 0.1) is 10.5 Å². The molecule has 0 radical (unpaired) electrons. The van der Waals surface area contributed by atoms with Crippen LogP contribution in [-0.2, 0) is 11.4 Å². The van der Waals surface area contributed by atoms with Crippen LogP contribution in [0, 0.1) is 10.1 Å². The molecule has 0 saturated carbocycles. The maximum absolute atomic E-state index is 12.4. The number of ether oxygens (including phenoxy) is 1. The Morgan fingerprint density at radius 3 is 2.56 bits per heavy atom. The molecule has 1 unspecified atom stereocenters. The van der Waals surface area contributed by atoms with E-state index in [0.29, 0.717) is 35.1 Å². The Morgan fingerprint density at radius 1 is 1.11 bits per heavy atom. The Kier molecular flexibility index (Phi) is 5.91. The van der Waals surface area contributed by atoms with E-state index in [9.17, 15) is 14.9 Å². The zero-order valence-corrected chi connectivity index (χ0v) is 19.3. The second kappa shape index (κ2) is 9.34. The highest BCUT2D eigenvalue weighted by Crippen LogP contribution is 2.37. The molecule has 10 nitrogen and oxygen atoms in total. The molecule has 1 amide bonds. The number of hydrogen-bond donors (Lipinski definition) is 2. The van der Waals surface area contributed by atoms with Gasteiger partial charge in [-0.15, -0.1) is 5.10 Å². The molecule has 0 aliphatic carbocycles. The van der Waals surface area contributed by atoms with Crippen molar-refractivity contribution < 1.29 is 14.5 Å². The average molecular weight is 483 g/mol. The van der Waals surface area contributed by atoms with Gasteiger partial charge in [0, 0.05) is 23.4 Å². The molecule has 1 atom stereocenters. The second-order valence-electron chi connectivity index (χ2n) is 8.28. The summed E-state index contributed by atoms with van der Waals surface area (Å²) in [5.41, 5.74) is 8.88. The first-order valence-electron chi connectivity index (χ1n) is 11.2. The molecule has 10 heteroatoms. The predicted octanol–water partition coefficient (Wildman–Crippen LogP) is 4.21. The number of carbonyl (C=O) groups excluding carboxylic acids is 1. The van der Waals surface area contributed by atoms with Gasteiger partial charge in [0.25, 0.3) is 5.69 Å². The van der Waals surface area contributed by atoms with Gasteiger partial charge in [0.2, 0.25) is 11.9 Å². The standard InChI is InChI=1S/C26H22N6O4/c1-16-22(24(27)33)23(18-10-12-21(13-11-18)36-15-17-6-3-2-4-7-17)31-26(28-16)29-25(30-31)19-8-5-9-20(14-19)32(34)35/h2-14,23H,15H2,1H3,(H2,27,33)(H,28,29,30). The average Bonchev–Trinajstić information content (AvgIpc) is 3.31. The molecule has 0 saturated heterocycles. The fourth-order valence-electron chi connectivity index (χ4n) is 4.15. The van der Waals surface area contributed by atoms with E-state index in [-0.39, 0.29) is 11.5 Å². The van der Waals surface area contributed by atoms with Crippen molar-refractivity contribution in [2.24, 2.45) is 5.73 Å². The van der Waals surface area contributed by atoms with Gasteiger partial charge in [-0.1, -0.05) is 54.6 Å². The third-order valence-electron chi connectivity index (χ3n) is 5.88. The number of allylic oxidation sites excluding steroid dienone is 1. The van der Waals surface area contributed by atoms with Crippen LogP contribution in [0.25, 0.3) is 11.4 Å². The quantitative estimate of drug-likeness (QED) is 0.297. The van der Waals surface area contributed by atoms with Gasteiger partial charge < -0.3 is 15.8 Å². The molecule has 1 aliphatic heterocycles. The number of hydrogen-bond acceptors (Lipinski definition) is 7. The van der Waals surface area contributed by atoms with Crippen molar-refractivity contribution in [3.63, 3.8) is 0 Å². The van der Waals surface area contributed by atoms with Crippen LogP contribution in [0.3, 0.4) is 0 Å². The summed E-state index contributed by atoms with van der Waals surface area (Å²) in [4.78, 5) is 27.7. The SMILES string of the molecule is CC1=C(C(N)=O)C(c2ccc(OCc3ccccc3)cc2)n2nc(-c3cccc([N+](=O)[O-])c3)nc2N1. The number of rotatable bonds is 7. The monoisotopic (exact) mass is 482 g/mol. The van der Waals surface area contributed by atoms with E-state index in [4.69, 9.17) is 10.5 Å². The van der Waals surface area contributed by atoms with Crippen molar-refractivity contribution in [1.82, 2.24) is 14.8 Å². The zero-order chi connectivity index (χ0) is 25.2. The zero-order valence-electron chi connectivity index (χ0n) is 19.3. The number of aromatic nitrogens is 3. The first-order chi connectivity index (χ1) is 17.4. The molecule has 36 heavy (non-hydrogen) atoms. The third-order valence-corrected chi connectivity index (χ3v) is 5.88. The third kappa shape index (κ3) is 4.39. The van der Waals surface area contributed by atoms with Crippen molar-refractivity contribution in [1.29, 1.82) is 0 Å². The largest absolute Gasteiger partial charge is 0.489 e. The number of fused-ring (bicyclic) bond motifs is 1. The number of non-ortho nitro benzene ring substituents is 1. The normalized spacial score (nSPS) is 14.6. The van der Waals surface area contributed by atoms with E-state index < -0.39 is 16.9 Å². The number of primary amides is 1. The van der Waals surface area contributed by atoms with Crippen LogP contribution >= 0.6 is 0 Å². The van der Waals surface area contributed by atoms with Crippen molar-refractivity contribution in [2.75, 3.05) is 5.32 Å². The number of amides is 1. The minimum absolute atomic E-state index is 0.0667. The smallest absolute Gasteiger partial charge is 0.270 e. The van der Waals surface area contributed by atoms with E-state index in [1.54, 1.807) is 23.7 Å². The van der Waals surface area contributed by atoms with Crippen molar-refractivity contribution in [2.45, 2.75) is 19.6 Å².